The Kier molecular flexibility index (Phi) is 5.86. The van der Waals surface area contributed by atoms with Crippen LogP contribution in [0, 0.1) is 5.92 Å². The molecule has 1 atom stereocenters. The molecule has 1 unspecified atom stereocenters. The van der Waals surface area contributed by atoms with Crippen LogP contribution in [0.15, 0.2) is 24.3 Å². The Morgan fingerprint density at radius 3 is 2.35 bits per heavy atom. The summed E-state index contributed by atoms with van der Waals surface area (Å²) in [6.07, 6.45) is 1.13. The highest BCUT2D eigenvalue weighted by molar-refractivity contribution is 5.27. The fraction of sp³-hybridized carbons (Fsp3) is 0.647. The fourth-order valence-corrected chi connectivity index (χ4v) is 2.93. The molecule has 2 rings (SSSR count). The zero-order chi connectivity index (χ0) is 14.4. The summed E-state index contributed by atoms with van der Waals surface area (Å²) >= 11 is 0. The lowest BCUT2D eigenvalue weighted by Crippen LogP contribution is -2.50. The third-order valence-corrected chi connectivity index (χ3v) is 4.07. The van der Waals surface area contributed by atoms with Crippen LogP contribution in [0.1, 0.15) is 26.3 Å². The van der Waals surface area contributed by atoms with E-state index in [1.807, 2.05) is 6.92 Å². The van der Waals surface area contributed by atoms with Gasteiger partial charge in [0.25, 0.3) is 0 Å². The summed E-state index contributed by atoms with van der Waals surface area (Å²) in [6.45, 7) is 12.0. The highest BCUT2D eigenvalue weighted by Gasteiger charge is 2.23. The maximum absolute atomic E-state index is 5.51. The van der Waals surface area contributed by atoms with Gasteiger partial charge in [-0.1, -0.05) is 26.0 Å². The standard InChI is InChI=1S/C17H28N2O/c1-4-20-16-7-5-15(6-8-16)13-17(14(2)3)19-11-9-18-10-12-19/h5-8,14,17-18H,4,9-13H2,1-3H3. The second-order valence-corrected chi connectivity index (χ2v) is 5.88. The molecule has 112 valence electrons. The van der Waals surface area contributed by atoms with Gasteiger partial charge in [-0.15, -0.1) is 0 Å². The van der Waals surface area contributed by atoms with Crippen LogP contribution < -0.4 is 10.1 Å². The third kappa shape index (κ3) is 4.22. The molecule has 0 amide bonds. The SMILES string of the molecule is CCOc1ccc(CC(C(C)C)N2CCNCC2)cc1. The first-order chi connectivity index (χ1) is 9.70. The van der Waals surface area contributed by atoms with Crippen LogP contribution >= 0.6 is 0 Å². The van der Waals surface area contributed by atoms with Crippen LogP contribution in [0.3, 0.4) is 0 Å². The first-order valence-electron chi connectivity index (χ1n) is 7.87. The number of piperazine rings is 1. The average Bonchev–Trinajstić information content (AvgIpc) is 2.47. The lowest BCUT2D eigenvalue weighted by Gasteiger charge is -2.37. The minimum absolute atomic E-state index is 0.634. The summed E-state index contributed by atoms with van der Waals surface area (Å²) < 4.78 is 5.51. The van der Waals surface area contributed by atoms with Gasteiger partial charge in [0.15, 0.2) is 0 Å². The molecule has 1 saturated heterocycles. The Labute approximate surface area is 123 Å². The molecule has 1 fully saturated rings. The Morgan fingerprint density at radius 1 is 1.15 bits per heavy atom. The van der Waals surface area contributed by atoms with Crippen LogP contribution in [-0.2, 0) is 6.42 Å². The van der Waals surface area contributed by atoms with Crippen LogP contribution in [0.2, 0.25) is 0 Å². The van der Waals surface area contributed by atoms with Gasteiger partial charge in [-0.25, -0.2) is 0 Å². The van der Waals surface area contributed by atoms with E-state index in [1.165, 1.54) is 18.7 Å². The van der Waals surface area contributed by atoms with E-state index in [4.69, 9.17) is 4.74 Å². The van der Waals surface area contributed by atoms with Crippen molar-refractivity contribution < 1.29 is 4.74 Å². The number of ether oxygens (including phenoxy) is 1. The molecule has 3 nitrogen and oxygen atoms in total. The van der Waals surface area contributed by atoms with E-state index < -0.39 is 0 Å². The molecule has 0 spiro atoms. The number of nitrogens with one attached hydrogen (secondary N) is 1. The second kappa shape index (κ2) is 7.65. The van der Waals surface area contributed by atoms with Crippen molar-refractivity contribution in [2.75, 3.05) is 32.8 Å². The quantitative estimate of drug-likeness (QED) is 0.864. The van der Waals surface area contributed by atoms with Gasteiger partial charge < -0.3 is 10.1 Å². The van der Waals surface area contributed by atoms with Gasteiger partial charge in [-0.05, 0) is 37.0 Å². The smallest absolute Gasteiger partial charge is 0.119 e. The monoisotopic (exact) mass is 276 g/mol. The zero-order valence-corrected chi connectivity index (χ0v) is 13.1. The average molecular weight is 276 g/mol. The maximum atomic E-state index is 5.51. The van der Waals surface area contributed by atoms with Crippen LogP contribution in [0.5, 0.6) is 5.75 Å². The number of hydrogen-bond acceptors (Lipinski definition) is 3. The van der Waals surface area contributed by atoms with Crippen LogP contribution in [-0.4, -0.2) is 43.7 Å². The molecule has 0 saturated carbocycles. The number of hydrogen-bond donors (Lipinski definition) is 1. The number of nitrogens with zero attached hydrogens (tertiary/aromatic N) is 1. The zero-order valence-electron chi connectivity index (χ0n) is 13.1. The molecule has 1 aliphatic heterocycles. The summed E-state index contributed by atoms with van der Waals surface area (Å²) in [5.74, 6) is 1.65. The topological polar surface area (TPSA) is 24.5 Å². The molecule has 1 aromatic rings. The van der Waals surface area contributed by atoms with E-state index in [0.29, 0.717) is 12.0 Å². The Hall–Kier alpha value is -1.06. The van der Waals surface area contributed by atoms with Gasteiger partial charge in [-0.3, -0.25) is 4.90 Å². The Bertz CT molecular complexity index is 382. The van der Waals surface area contributed by atoms with E-state index in [9.17, 15) is 0 Å². The summed E-state index contributed by atoms with van der Waals surface area (Å²) in [6, 6.07) is 9.24. The van der Waals surface area contributed by atoms with E-state index in [-0.39, 0.29) is 0 Å². The molecule has 0 bridgehead atoms. The summed E-state index contributed by atoms with van der Waals surface area (Å²) in [5.41, 5.74) is 1.41. The molecule has 1 heterocycles. The van der Waals surface area contributed by atoms with Crippen molar-refractivity contribution in [3.05, 3.63) is 29.8 Å². The van der Waals surface area contributed by atoms with Crippen molar-refractivity contribution in [1.82, 2.24) is 10.2 Å². The number of rotatable bonds is 6. The molecule has 20 heavy (non-hydrogen) atoms. The fourth-order valence-electron chi connectivity index (χ4n) is 2.93. The van der Waals surface area contributed by atoms with Crippen molar-refractivity contribution in [3.63, 3.8) is 0 Å². The van der Waals surface area contributed by atoms with Gasteiger partial charge in [-0.2, -0.15) is 0 Å². The molecular formula is C17H28N2O. The van der Waals surface area contributed by atoms with E-state index in [2.05, 4.69) is 48.3 Å². The van der Waals surface area contributed by atoms with E-state index in [1.54, 1.807) is 0 Å². The highest BCUT2D eigenvalue weighted by atomic mass is 16.5. The molecule has 0 aromatic heterocycles. The van der Waals surface area contributed by atoms with Gasteiger partial charge in [0.1, 0.15) is 5.75 Å². The molecule has 1 aromatic carbocycles. The Balaban J connectivity index is 1.99. The molecule has 0 aliphatic carbocycles. The molecule has 3 heteroatoms. The predicted octanol–water partition coefficient (Wildman–Crippen LogP) is 2.56. The van der Waals surface area contributed by atoms with Crippen molar-refractivity contribution in [3.8, 4) is 5.75 Å². The van der Waals surface area contributed by atoms with Crippen molar-refractivity contribution >= 4 is 0 Å². The van der Waals surface area contributed by atoms with Crippen molar-refractivity contribution in [1.29, 1.82) is 0 Å². The van der Waals surface area contributed by atoms with E-state index >= 15 is 0 Å². The van der Waals surface area contributed by atoms with Gasteiger partial charge in [0.2, 0.25) is 0 Å². The van der Waals surface area contributed by atoms with Crippen LogP contribution in [0.4, 0.5) is 0 Å². The lowest BCUT2D eigenvalue weighted by molar-refractivity contribution is 0.136. The number of benzene rings is 1. The third-order valence-electron chi connectivity index (χ3n) is 4.07. The van der Waals surface area contributed by atoms with E-state index in [0.717, 1.165) is 31.9 Å². The molecule has 1 aliphatic rings. The maximum Gasteiger partial charge on any atom is 0.119 e. The molecule has 0 radical (unpaired) electrons. The predicted molar refractivity (Wildman–Crippen MR) is 84.4 cm³/mol. The summed E-state index contributed by atoms with van der Waals surface area (Å²) in [5, 5.41) is 3.44. The molecular weight excluding hydrogens is 248 g/mol. The minimum atomic E-state index is 0.634. The van der Waals surface area contributed by atoms with Crippen molar-refractivity contribution in [2.45, 2.75) is 33.2 Å². The largest absolute Gasteiger partial charge is 0.494 e. The summed E-state index contributed by atoms with van der Waals surface area (Å²) in [7, 11) is 0. The Morgan fingerprint density at radius 2 is 1.80 bits per heavy atom. The minimum Gasteiger partial charge on any atom is -0.494 e. The second-order valence-electron chi connectivity index (χ2n) is 5.88. The van der Waals surface area contributed by atoms with Gasteiger partial charge in [0.05, 0.1) is 6.61 Å². The first kappa shape index (κ1) is 15.3. The van der Waals surface area contributed by atoms with Crippen LogP contribution in [0.25, 0.3) is 0 Å². The van der Waals surface area contributed by atoms with Gasteiger partial charge in [0, 0.05) is 32.2 Å². The summed E-state index contributed by atoms with van der Waals surface area (Å²) in [4.78, 5) is 2.64. The highest BCUT2D eigenvalue weighted by Crippen LogP contribution is 2.19. The first-order valence-corrected chi connectivity index (χ1v) is 7.87. The van der Waals surface area contributed by atoms with Crippen molar-refractivity contribution in [2.24, 2.45) is 5.92 Å². The lowest BCUT2D eigenvalue weighted by atomic mass is 9.94. The van der Waals surface area contributed by atoms with Gasteiger partial charge >= 0.3 is 0 Å². The normalized spacial score (nSPS) is 18.2. The molecule has 1 N–H and O–H groups in total.